The molecular formula is C11H17NO4S. The Morgan fingerprint density at radius 2 is 2.18 bits per heavy atom. The SMILES string of the molecule is COC(C)CNS(=O)(=O)c1cccc(CO)c1. The summed E-state index contributed by atoms with van der Waals surface area (Å²) in [6.45, 7) is 1.80. The maximum Gasteiger partial charge on any atom is 0.240 e. The third-order valence-electron chi connectivity index (χ3n) is 2.35. The second-order valence-electron chi connectivity index (χ2n) is 3.70. The predicted octanol–water partition coefficient (Wildman–Crippen LogP) is 0.492. The molecule has 0 aliphatic carbocycles. The van der Waals surface area contributed by atoms with Gasteiger partial charge in [0.2, 0.25) is 10.0 Å². The van der Waals surface area contributed by atoms with Gasteiger partial charge in [0.15, 0.2) is 0 Å². The Morgan fingerprint density at radius 3 is 2.76 bits per heavy atom. The van der Waals surface area contributed by atoms with Crippen molar-refractivity contribution in [2.24, 2.45) is 0 Å². The summed E-state index contributed by atoms with van der Waals surface area (Å²) in [7, 11) is -2.02. The third kappa shape index (κ3) is 4.08. The van der Waals surface area contributed by atoms with Crippen LogP contribution in [0.15, 0.2) is 29.2 Å². The van der Waals surface area contributed by atoms with Gasteiger partial charge in [-0.3, -0.25) is 0 Å². The molecule has 0 aliphatic rings. The molecule has 5 nitrogen and oxygen atoms in total. The molecule has 0 heterocycles. The first-order valence-corrected chi connectivity index (χ1v) is 6.70. The highest BCUT2D eigenvalue weighted by Crippen LogP contribution is 2.11. The fourth-order valence-electron chi connectivity index (χ4n) is 1.20. The number of ether oxygens (including phenoxy) is 1. The zero-order valence-electron chi connectivity index (χ0n) is 9.88. The van der Waals surface area contributed by atoms with Crippen molar-refractivity contribution in [3.05, 3.63) is 29.8 Å². The zero-order valence-corrected chi connectivity index (χ0v) is 10.7. The molecule has 1 aromatic carbocycles. The predicted molar refractivity (Wildman–Crippen MR) is 64.0 cm³/mol. The van der Waals surface area contributed by atoms with Crippen LogP contribution in [0.3, 0.4) is 0 Å². The van der Waals surface area contributed by atoms with Crippen LogP contribution >= 0.6 is 0 Å². The molecule has 2 N–H and O–H groups in total. The van der Waals surface area contributed by atoms with Crippen LogP contribution < -0.4 is 4.72 Å². The molecule has 0 saturated carbocycles. The quantitative estimate of drug-likeness (QED) is 0.779. The van der Waals surface area contributed by atoms with Gasteiger partial charge in [0.05, 0.1) is 17.6 Å². The van der Waals surface area contributed by atoms with Crippen molar-refractivity contribution in [2.45, 2.75) is 24.5 Å². The molecule has 0 fully saturated rings. The van der Waals surface area contributed by atoms with Gasteiger partial charge in [-0.15, -0.1) is 0 Å². The number of hydrogen-bond acceptors (Lipinski definition) is 4. The molecule has 0 amide bonds. The van der Waals surface area contributed by atoms with Crippen molar-refractivity contribution in [1.29, 1.82) is 0 Å². The van der Waals surface area contributed by atoms with E-state index in [0.29, 0.717) is 5.56 Å². The number of benzene rings is 1. The molecule has 0 saturated heterocycles. The maximum absolute atomic E-state index is 11.9. The molecular weight excluding hydrogens is 242 g/mol. The first kappa shape index (κ1) is 14.1. The summed E-state index contributed by atoms with van der Waals surface area (Å²) in [5, 5.41) is 8.95. The summed E-state index contributed by atoms with van der Waals surface area (Å²) in [6.07, 6.45) is -0.189. The van der Waals surface area contributed by atoms with Gasteiger partial charge in [-0.1, -0.05) is 12.1 Å². The summed E-state index contributed by atoms with van der Waals surface area (Å²) < 4.78 is 31.1. The monoisotopic (exact) mass is 259 g/mol. The van der Waals surface area contributed by atoms with Crippen LogP contribution in [0.4, 0.5) is 0 Å². The largest absolute Gasteiger partial charge is 0.392 e. The number of rotatable bonds is 6. The van der Waals surface area contributed by atoms with Gasteiger partial charge in [0.25, 0.3) is 0 Å². The molecule has 6 heteroatoms. The van der Waals surface area contributed by atoms with E-state index in [1.165, 1.54) is 19.2 Å². The van der Waals surface area contributed by atoms with E-state index in [4.69, 9.17) is 9.84 Å². The lowest BCUT2D eigenvalue weighted by Crippen LogP contribution is -2.31. The molecule has 0 aliphatic heterocycles. The van der Waals surface area contributed by atoms with Crippen molar-refractivity contribution in [1.82, 2.24) is 4.72 Å². The average molecular weight is 259 g/mol. The van der Waals surface area contributed by atoms with E-state index in [9.17, 15) is 8.42 Å². The van der Waals surface area contributed by atoms with Crippen molar-refractivity contribution in [2.75, 3.05) is 13.7 Å². The Kier molecular flexibility index (Phi) is 5.07. The summed E-state index contributed by atoms with van der Waals surface area (Å²) in [5.74, 6) is 0. The Labute approximate surface area is 101 Å². The summed E-state index contributed by atoms with van der Waals surface area (Å²) in [6, 6.07) is 6.19. The van der Waals surface area contributed by atoms with Gasteiger partial charge < -0.3 is 9.84 Å². The van der Waals surface area contributed by atoms with E-state index in [0.717, 1.165) is 0 Å². The summed E-state index contributed by atoms with van der Waals surface area (Å²) in [5.41, 5.74) is 0.563. The van der Waals surface area contributed by atoms with Crippen molar-refractivity contribution in [3.8, 4) is 0 Å². The van der Waals surface area contributed by atoms with Crippen LogP contribution in [-0.2, 0) is 21.4 Å². The van der Waals surface area contributed by atoms with Gasteiger partial charge in [-0.2, -0.15) is 0 Å². The molecule has 0 bridgehead atoms. The Bertz CT molecular complexity index is 458. The van der Waals surface area contributed by atoms with Crippen molar-refractivity contribution >= 4 is 10.0 Å². The fourth-order valence-corrected chi connectivity index (χ4v) is 2.39. The molecule has 0 aromatic heterocycles. The minimum absolute atomic E-state index is 0.146. The third-order valence-corrected chi connectivity index (χ3v) is 3.78. The second-order valence-corrected chi connectivity index (χ2v) is 5.47. The lowest BCUT2D eigenvalue weighted by Gasteiger charge is -2.11. The molecule has 1 rings (SSSR count). The minimum atomic E-state index is -3.54. The van der Waals surface area contributed by atoms with Gasteiger partial charge in [-0.05, 0) is 24.6 Å². The lowest BCUT2D eigenvalue weighted by atomic mass is 10.2. The highest BCUT2D eigenvalue weighted by atomic mass is 32.2. The average Bonchev–Trinajstić information content (AvgIpc) is 2.36. The Hall–Kier alpha value is -0.950. The van der Waals surface area contributed by atoms with Crippen LogP contribution in [-0.4, -0.2) is 33.3 Å². The minimum Gasteiger partial charge on any atom is -0.392 e. The highest BCUT2D eigenvalue weighted by Gasteiger charge is 2.15. The topological polar surface area (TPSA) is 75.6 Å². The Balaban J connectivity index is 2.82. The second kappa shape index (κ2) is 6.11. The first-order chi connectivity index (χ1) is 7.99. The summed E-state index contributed by atoms with van der Waals surface area (Å²) >= 11 is 0. The standard InChI is InChI=1S/C11H17NO4S/c1-9(16-2)7-12-17(14,15)11-5-3-4-10(6-11)8-13/h3-6,9,12-13H,7-8H2,1-2H3. The number of aliphatic hydroxyl groups excluding tert-OH is 1. The number of hydrogen-bond donors (Lipinski definition) is 2. The van der Waals surface area contributed by atoms with E-state index < -0.39 is 10.0 Å². The number of nitrogens with one attached hydrogen (secondary N) is 1. The molecule has 0 radical (unpaired) electrons. The molecule has 1 unspecified atom stereocenters. The van der Waals surface area contributed by atoms with Crippen molar-refractivity contribution in [3.63, 3.8) is 0 Å². The first-order valence-electron chi connectivity index (χ1n) is 5.22. The fraction of sp³-hybridized carbons (Fsp3) is 0.455. The molecule has 1 aromatic rings. The highest BCUT2D eigenvalue weighted by molar-refractivity contribution is 7.89. The van der Waals surface area contributed by atoms with Crippen LogP contribution in [0.1, 0.15) is 12.5 Å². The van der Waals surface area contributed by atoms with Crippen LogP contribution in [0, 0.1) is 0 Å². The number of sulfonamides is 1. The molecule has 96 valence electrons. The van der Waals surface area contributed by atoms with E-state index in [2.05, 4.69) is 4.72 Å². The zero-order chi connectivity index (χ0) is 12.9. The van der Waals surface area contributed by atoms with E-state index >= 15 is 0 Å². The van der Waals surface area contributed by atoms with E-state index in [1.807, 2.05) is 0 Å². The molecule has 1 atom stereocenters. The van der Waals surface area contributed by atoms with Crippen LogP contribution in [0.5, 0.6) is 0 Å². The number of methoxy groups -OCH3 is 1. The lowest BCUT2D eigenvalue weighted by molar-refractivity contribution is 0.122. The molecule has 0 spiro atoms. The van der Waals surface area contributed by atoms with Gasteiger partial charge in [-0.25, -0.2) is 13.1 Å². The maximum atomic E-state index is 11.9. The van der Waals surface area contributed by atoms with E-state index in [-0.39, 0.29) is 24.2 Å². The molecule has 17 heavy (non-hydrogen) atoms. The summed E-state index contributed by atoms with van der Waals surface area (Å²) in [4.78, 5) is 0.146. The van der Waals surface area contributed by atoms with Crippen LogP contribution in [0.25, 0.3) is 0 Å². The van der Waals surface area contributed by atoms with Gasteiger partial charge >= 0.3 is 0 Å². The number of aliphatic hydroxyl groups is 1. The smallest absolute Gasteiger partial charge is 0.240 e. The Morgan fingerprint density at radius 1 is 1.47 bits per heavy atom. The van der Waals surface area contributed by atoms with Crippen molar-refractivity contribution < 1.29 is 18.3 Å². The van der Waals surface area contributed by atoms with Gasteiger partial charge in [0, 0.05) is 13.7 Å². The van der Waals surface area contributed by atoms with E-state index in [1.54, 1.807) is 19.1 Å². The normalized spacial score (nSPS) is 13.6. The van der Waals surface area contributed by atoms with Crippen LogP contribution in [0.2, 0.25) is 0 Å². The van der Waals surface area contributed by atoms with Gasteiger partial charge in [0.1, 0.15) is 0 Å².